The first-order chi connectivity index (χ1) is 21.8. The predicted octanol–water partition coefficient (Wildman–Crippen LogP) is 4.16. The second kappa shape index (κ2) is 19.2. The van der Waals surface area contributed by atoms with Crippen LogP contribution in [0.25, 0.3) is 0 Å². The molecule has 262 valence electrons. The molecule has 0 saturated carbocycles. The Morgan fingerprint density at radius 1 is 1.00 bits per heavy atom. The van der Waals surface area contributed by atoms with Gasteiger partial charge in [0, 0.05) is 17.6 Å². The van der Waals surface area contributed by atoms with E-state index in [1.807, 2.05) is 24.3 Å². The molecule has 2 rings (SSSR count). The predicted molar refractivity (Wildman–Crippen MR) is 184 cm³/mol. The maximum Gasteiger partial charge on any atom is 0.408 e. The lowest BCUT2D eigenvalue weighted by Gasteiger charge is -2.36. The minimum atomic E-state index is -1.25. The van der Waals surface area contributed by atoms with Crippen LogP contribution in [-0.4, -0.2) is 77.2 Å². The standard InChI is InChI=1S/C31H44BrN5O7.C3H8/c1-8-10-21(24(39)27(41)34-18-23(38)33-17-19-12-14-20(32)15-13-19)35-26(40)22-11-9-16-37(22)28(42)25(30(2,3)4)36-29(43)44-31(5,6)7;1-3-2/h8,12-15,21-22,25H,1,9-11,16-18H2,2-7H3,(H,33,38)(H,34,41)(H,35,40)(H,36,43);3H2,1-2H3/t21?,22?,25-;/m1./s1. The van der Waals surface area contributed by atoms with Crippen molar-refractivity contribution in [2.75, 3.05) is 13.1 Å². The number of Topliss-reactive ketones (excluding diaryl/α,β-unsaturated/α-hetero) is 1. The molecule has 1 aromatic carbocycles. The Morgan fingerprint density at radius 3 is 2.13 bits per heavy atom. The summed E-state index contributed by atoms with van der Waals surface area (Å²) >= 11 is 3.34. The van der Waals surface area contributed by atoms with E-state index in [0.29, 0.717) is 12.8 Å². The first-order valence-electron chi connectivity index (χ1n) is 15.9. The Labute approximate surface area is 287 Å². The van der Waals surface area contributed by atoms with Crippen molar-refractivity contribution in [2.45, 2.75) is 111 Å². The van der Waals surface area contributed by atoms with Crippen molar-refractivity contribution in [1.82, 2.24) is 26.2 Å². The summed E-state index contributed by atoms with van der Waals surface area (Å²) in [5.74, 6) is -3.55. The maximum atomic E-state index is 13.7. The van der Waals surface area contributed by atoms with E-state index in [1.165, 1.54) is 17.4 Å². The zero-order valence-corrected chi connectivity index (χ0v) is 30.5. The van der Waals surface area contributed by atoms with E-state index < -0.39 is 71.2 Å². The number of hydrogen-bond donors (Lipinski definition) is 4. The number of carbonyl (C=O) groups excluding carboxylic acids is 6. The van der Waals surface area contributed by atoms with E-state index in [0.717, 1.165) is 10.0 Å². The molecular weight excluding hydrogens is 670 g/mol. The van der Waals surface area contributed by atoms with E-state index in [-0.39, 0.29) is 19.5 Å². The third kappa shape index (κ3) is 14.7. The number of ketones is 1. The first kappa shape index (κ1) is 41.3. The summed E-state index contributed by atoms with van der Waals surface area (Å²) in [5, 5.41) is 10.2. The zero-order chi connectivity index (χ0) is 35.9. The van der Waals surface area contributed by atoms with Crippen LogP contribution in [-0.2, 0) is 35.3 Å². The maximum absolute atomic E-state index is 13.7. The number of likely N-dealkylation sites (tertiary alicyclic amines) is 1. The summed E-state index contributed by atoms with van der Waals surface area (Å²) in [6.07, 6.45) is 2.71. The van der Waals surface area contributed by atoms with Gasteiger partial charge < -0.3 is 30.9 Å². The van der Waals surface area contributed by atoms with Crippen molar-refractivity contribution in [3.05, 3.63) is 47.0 Å². The van der Waals surface area contributed by atoms with Crippen LogP contribution in [0.5, 0.6) is 0 Å². The van der Waals surface area contributed by atoms with Crippen molar-refractivity contribution >= 4 is 51.4 Å². The Morgan fingerprint density at radius 2 is 1.60 bits per heavy atom. The molecule has 4 N–H and O–H groups in total. The van der Waals surface area contributed by atoms with Gasteiger partial charge in [-0.2, -0.15) is 0 Å². The van der Waals surface area contributed by atoms with Crippen LogP contribution in [0.1, 0.15) is 86.6 Å². The molecule has 0 spiro atoms. The van der Waals surface area contributed by atoms with Gasteiger partial charge in [0.05, 0.1) is 6.54 Å². The monoisotopic (exact) mass is 721 g/mol. The van der Waals surface area contributed by atoms with Gasteiger partial charge in [0.1, 0.15) is 23.7 Å². The number of halogens is 1. The highest BCUT2D eigenvalue weighted by Gasteiger charge is 2.43. The number of amides is 5. The molecule has 0 aliphatic carbocycles. The van der Waals surface area contributed by atoms with E-state index in [4.69, 9.17) is 4.74 Å². The average molecular weight is 723 g/mol. The molecule has 12 nitrogen and oxygen atoms in total. The number of carbonyl (C=O) groups is 6. The summed E-state index contributed by atoms with van der Waals surface area (Å²) < 4.78 is 6.24. The van der Waals surface area contributed by atoms with Gasteiger partial charge in [-0.25, -0.2) is 4.79 Å². The van der Waals surface area contributed by atoms with Gasteiger partial charge in [0.2, 0.25) is 23.5 Å². The van der Waals surface area contributed by atoms with Gasteiger partial charge in [0.15, 0.2) is 0 Å². The van der Waals surface area contributed by atoms with Gasteiger partial charge in [-0.3, -0.25) is 24.0 Å². The van der Waals surface area contributed by atoms with Gasteiger partial charge in [0.25, 0.3) is 5.91 Å². The number of nitrogens with one attached hydrogen (secondary N) is 4. The summed E-state index contributed by atoms with van der Waals surface area (Å²) in [7, 11) is 0. The normalized spacial score (nSPS) is 15.6. The highest BCUT2D eigenvalue weighted by molar-refractivity contribution is 9.10. The van der Waals surface area contributed by atoms with Crippen LogP contribution in [0.2, 0.25) is 0 Å². The fraction of sp³-hybridized carbons (Fsp3) is 0.588. The Hall–Kier alpha value is -3.74. The van der Waals surface area contributed by atoms with E-state index in [1.54, 1.807) is 41.5 Å². The smallest absolute Gasteiger partial charge is 0.408 e. The van der Waals surface area contributed by atoms with Crippen molar-refractivity contribution < 1.29 is 33.5 Å². The van der Waals surface area contributed by atoms with Crippen molar-refractivity contribution in [1.29, 1.82) is 0 Å². The highest BCUT2D eigenvalue weighted by Crippen LogP contribution is 2.26. The molecule has 3 atom stereocenters. The number of hydrogen-bond acceptors (Lipinski definition) is 7. The highest BCUT2D eigenvalue weighted by atomic mass is 79.9. The van der Waals surface area contributed by atoms with Crippen molar-refractivity contribution in [2.24, 2.45) is 5.41 Å². The number of nitrogens with zero attached hydrogens (tertiary/aromatic N) is 1. The van der Waals surface area contributed by atoms with Crippen LogP contribution in [0.15, 0.2) is 41.4 Å². The van der Waals surface area contributed by atoms with Gasteiger partial charge in [-0.1, -0.05) is 75.2 Å². The Balaban J connectivity index is 0.00000354. The number of rotatable bonds is 12. The van der Waals surface area contributed by atoms with E-state index in [9.17, 15) is 28.8 Å². The topological polar surface area (TPSA) is 163 Å². The molecule has 5 amide bonds. The van der Waals surface area contributed by atoms with Crippen LogP contribution in [0.3, 0.4) is 0 Å². The SMILES string of the molecule is C=CCC(NC(=O)C1CCCN1C(=O)[C@@H](NC(=O)OC(C)(C)C)C(C)(C)C)C(=O)C(=O)NCC(=O)NCc1ccc(Br)cc1.CCC. The molecule has 1 heterocycles. The second-order valence-electron chi connectivity index (χ2n) is 13.4. The third-order valence-corrected chi connectivity index (χ3v) is 7.21. The Bertz CT molecular complexity index is 1250. The fourth-order valence-electron chi connectivity index (χ4n) is 4.48. The van der Waals surface area contributed by atoms with Gasteiger partial charge >= 0.3 is 6.09 Å². The van der Waals surface area contributed by atoms with E-state index >= 15 is 0 Å². The molecule has 47 heavy (non-hydrogen) atoms. The minimum Gasteiger partial charge on any atom is -0.444 e. The molecule has 1 aliphatic rings. The van der Waals surface area contributed by atoms with Crippen LogP contribution in [0, 0.1) is 5.41 Å². The quantitative estimate of drug-likeness (QED) is 0.186. The molecular formula is C34H52BrN5O7. The summed E-state index contributed by atoms with van der Waals surface area (Å²) in [5.41, 5.74) is -0.623. The van der Waals surface area contributed by atoms with Crippen molar-refractivity contribution in [3.8, 4) is 0 Å². The number of alkyl carbamates (subject to hydrolysis) is 1. The molecule has 1 aliphatic heterocycles. The lowest BCUT2D eigenvalue weighted by Crippen LogP contribution is -2.59. The van der Waals surface area contributed by atoms with Gasteiger partial charge in [-0.05, 0) is 63.1 Å². The Kier molecular flexibility index (Phi) is 16.8. The lowest BCUT2D eigenvalue weighted by atomic mass is 9.85. The summed E-state index contributed by atoms with van der Waals surface area (Å²) in [4.78, 5) is 78.7. The molecule has 13 heteroatoms. The molecule has 0 aromatic heterocycles. The first-order valence-corrected chi connectivity index (χ1v) is 16.7. The zero-order valence-electron chi connectivity index (χ0n) is 29.0. The van der Waals surface area contributed by atoms with Gasteiger partial charge in [-0.15, -0.1) is 6.58 Å². The van der Waals surface area contributed by atoms with E-state index in [2.05, 4.69) is 57.6 Å². The summed E-state index contributed by atoms with van der Waals surface area (Å²) in [6, 6.07) is 4.17. The molecule has 1 fully saturated rings. The van der Waals surface area contributed by atoms with Crippen LogP contribution >= 0.6 is 15.9 Å². The molecule has 0 radical (unpaired) electrons. The second-order valence-corrected chi connectivity index (χ2v) is 14.3. The van der Waals surface area contributed by atoms with Crippen molar-refractivity contribution in [3.63, 3.8) is 0 Å². The van der Waals surface area contributed by atoms with Crippen LogP contribution < -0.4 is 21.3 Å². The average Bonchev–Trinajstić information content (AvgIpc) is 3.47. The minimum absolute atomic E-state index is 0.0424. The number of ether oxygens (including phenoxy) is 1. The summed E-state index contributed by atoms with van der Waals surface area (Å²) in [6.45, 7) is 18.4. The number of benzene rings is 1. The fourth-order valence-corrected chi connectivity index (χ4v) is 4.74. The molecule has 1 saturated heterocycles. The largest absolute Gasteiger partial charge is 0.444 e. The molecule has 1 aromatic rings. The van der Waals surface area contributed by atoms with Crippen LogP contribution in [0.4, 0.5) is 4.79 Å². The molecule has 0 bridgehead atoms. The third-order valence-electron chi connectivity index (χ3n) is 6.68. The molecule has 2 unspecified atom stereocenters. The lowest BCUT2D eigenvalue weighted by molar-refractivity contribution is -0.144.